The average Bonchev–Trinajstić information content (AvgIpc) is 3.20. The number of carbonyl (C=O) groups is 1. The molecule has 3 aromatic rings. The van der Waals surface area contributed by atoms with Crippen LogP contribution in [0.2, 0.25) is 0 Å². The van der Waals surface area contributed by atoms with Crippen LogP contribution < -0.4 is 16.4 Å². The van der Waals surface area contributed by atoms with E-state index >= 15 is 0 Å². The zero-order valence-corrected chi connectivity index (χ0v) is 14.9. The van der Waals surface area contributed by atoms with Crippen LogP contribution in [-0.2, 0) is 0 Å². The molecule has 0 spiro atoms. The Labute approximate surface area is 155 Å². The Hall–Kier alpha value is -3.22. The fraction of sp³-hybridized carbons (Fsp3) is 0.300. The van der Waals surface area contributed by atoms with Crippen LogP contribution in [0.4, 0.5) is 0 Å². The van der Waals surface area contributed by atoms with Crippen LogP contribution in [0.1, 0.15) is 42.1 Å². The zero-order valence-electron chi connectivity index (χ0n) is 14.9. The molecule has 0 atom stereocenters. The lowest BCUT2D eigenvalue weighted by atomic mass is 10.1. The number of fused-ring (bicyclic) bond motifs is 2. The van der Waals surface area contributed by atoms with Crippen molar-refractivity contribution in [2.24, 2.45) is 0 Å². The van der Waals surface area contributed by atoms with Crippen molar-refractivity contribution in [2.75, 3.05) is 6.54 Å². The Balaban J connectivity index is 2.07. The van der Waals surface area contributed by atoms with Gasteiger partial charge in [-0.15, -0.1) is 6.58 Å². The Kier molecular flexibility index (Phi) is 4.35. The zero-order chi connectivity index (χ0) is 19.0. The van der Waals surface area contributed by atoms with Crippen LogP contribution in [0.5, 0.6) is 0 Å². The number of pyridine rings is 2. The van der Waals surface area contributed by atoms with Gasteiger partial charge in [0.15, 0.2) is 0 Å². The van der Waals surface area contributed by atoms with E-state index in [1.165, 1.54) is 10.5 Å². The molecule has 1 amide bonds. The summed E-state index contributed by atoms with van der Waals surface area (Å²) in [7, 11) is 0. The number of rotatable bonds is 4. The predicted molar refractivity (Wildman–Crippen MR) is 103 cm³/mol. The largest absolute Gasteiger partial charge is 0.348 e. The first-order valence-corrected chi connectivity index (χ1v) is 9.12. The summed E-state index contributed by atoms with van der Waals surface area (Å²) in [6, 6.07) is 6.94. The molecule has 1 fully saturated rings. The summed E-state index contributed by atoms with van der Waals surface area (Å²) in [5.41, 5.74) is 1.06. The molecule has 2 N–H and O–H groups in total. The molecule has 3 aromatic heterocycles. The molecule has 1 saturated carbocycles. The van der Waals surface area contributed by atoms with Crippen molar-refractivity contribution in [1.82, 2.24) is 19.3 Å². The van der Waals surface area contributed by atoms with E-state index in [2.05, 4.69) is 16.9 Å². The monoisotopic (exact) mass is 363 g/mol. The maximum Gasteiger partial charge on any atom is 0.267 e. The van der Waals surface area contributed by atoms with Crippen molar-refractivity contribution in [2.45, 2.75) is 31.7 Å². The van der Waals surface area contributed by atoms with Gasteiger partial charge in [0.2, 0.25) is 0 Å². The molecule has 0 radical (unpaired) electrons. The summed E-state index contributed by atoms with van der Waals surface area (Å²) >= 11 is 0. The number of carbonyl (C=O) groups excluding carboxylic acids is 1. The third kappa shape index (κ3) is 2.85. The van der Waals surface area contributed by atoms with Crippen molar-refractivity contribution in [1.29, 1.82) is 5.41 Å². The van der Waals surface area contributed by atoms with Crippen LogP contribution in [-0.4, -0.2) is 26.4 Å². The summed E-state index contributed by atoms with van der Waals surface area (Å²) in [6.07, 6.45) is 7.21. The van der Waals surface area contributed by atoms with Gasteiger partial charge in [0.05, 0.1) is 10.9 Å². The molecular formula is C20H21N5O2. The van der Waals surface area contributed by atoms with E-state index in [-0.39, 0.29) is 28.6 Å². The standard InChI is InChI=1S/C20H21N5O2/c1-2-10-22-19(26)14-12-15-18(25(17(14)21)13-7-3-4-8-13)23-16-9-5-6-11-24(16)20(15)27/h2,5-6,9,11-13,21H,1,3-4,7-8,10H2,(H,22,26). The number of aromatic nitrogens is 3. The lowest BCUT2D eigenvalue weighted by Crippen LogP contribution is -2.36. The van der Waals surface area contributed by atoms with Gasteiger partial charge in [-0.2, -0.15) is 0 Å². The third-order valence-electron chi connectivity index (χ3n) is 5.10. The number of hydrogen-bond acceptors (Lipinski definition) is 4. The second-order valence-electron chi connectivity index (χ2n) is 6.80. The smallest absolute Gasteiger partial charge is 0.267 e. The Morgan fingerprint density at radius 3 is 2.89 bits per heavy atom. The van der Waals surface area contributed by atoms with E-state index < -0.39 is 0 Å². The number of nitrogens with one attached hydrogen (secondary N) is 2. The third-order valence-corrected chi connectivity index (χ3v) is 5.10. The first-order valence-electron chi connectivity index (χ1n) is 9.12. The van der Waals surface area contributed by atoms with Gasteiger partial charge in [-0.05, 0) is 31.0 Å². The molecule has 1 aliphatic rings. The van der Waals surface area contributed by atoms with Crippen molar-refractivity contribution in [3.63, 3.8) is 0 Å². The van der Waals surface area contributed by atoms with Crippen molar-refractivity contribution < 1.29 is 4.79 Å². The molecule has 0 unspecified atom stereocenters. The number of hydrogen-bond donors (Lipinski definition) is 2. The lowest BCUT2D eigenvalue weighted by Gasteiger charge is -2.19. The maximum absolute atomic E-state index is 13.1. The van der Waals surface area contributed by atoms with E-state index in [9.17, 15) is 9.59 Å². The molecule has 3 heterocycles. The molecule has 0 bridgehead atoms. The summed E-state index contributed by atoms with van der Waals surface area (Å²) < 4.78 is 3.25. The minimum atomic E-state index is -0.383. The molecule has 0 aromatic carbocycles. The quantitative estimate of drug-likeness (QED) is 0.549. The van der Waals surface area contributed by atoms with Gasteiger partial charge in [-0.1, -0.05) is 25.0 Å². The SMILES string of the molecule is C=CCNC(=O)c1cc2c(=O)n3ccccc3nc2n(C2CCCC2)c1=N. The number of nitrogens with zero attached hydrogens (tertiary/aromatic N) is 3. The molecule has 0 aliphatic heterocycles. The van der Waals surface area contributed by atoms with E-state index in [1.807, 2.05) is 6.07 Å². The molecule has 1 aliphatic carbocycles. The Morgan fingerprint density at radius 1 is 1.37 bits per heavy atom. The topological polar surface area (TPSA) is 92.2 Å². The highest BCUT2D eigenvalue weighted by Crippen LogP contribution is 2.30. The van der Waals surface area contributed by atoms with E-state index in [0.29, 0.717) is 23.2 Å². The molecule has 7 heteroatoms. The highest BCUT2D eigenvalue weighted by Gasteiger charge is 2.24. The van der Waals surface area contributed by atoms with E-state index in [4.69, 9.17) is 5.41 Å². The van der Waals surface area contributed by atoms with Gasteiger partial charge in [0.25, 0.3) is 11.5 Å². The lowest BCUT2D eigenvalue weighted by molar-refractivity contribution is 0.0955. The van der Waals surface area contributed by atoms with Crippen LogP contribution in [0.15, 0.2) is 47.9 Å². The molecule has 0 saturated heterocycles. The first-order chi connectivity index (χ1) is 13.1. The fourth-order valence-corrected chi connectivity index (χ4v) is 3.80. The van der Waals surface area contributed by atoms with Gasteiger partial charge in [0, 0.05) is 18.8 Å². The molecule has 138 valence electrons. The van der Waals surface area contributed by atoms with Crippen LogP contribution in [0, 0.1) is 5.41 Å². The minimum Gasteiger partial charge on any atom is -0.348 e. The predicted octanol–water partition coefficient (Wildman–Crippen LogP) is 2.16. The summed E-state index contributed by atoms with van der Waals surface area (Å²) in [4.78, 5) is 30.3. The van der Waals surface area contributed by atoms with E-state index in [1.54, 1.807) is 29.0 Å². The Bertz CT molecular complexity index is 1170. The summed E-state index contributed by atoms with van der Waals surface area (Å²) in [6.45, 7) is 3.90. The number of amides is 1. The minimum absolute atomic E-state index is 0.0743. The normalized spacial score (nSPS) is 14.7. The van der Waals surface area contributed by atoms with Gasteiger partial charge >= 0.3 is 0 Å². The molecule has 4 rings (SSSR count). The summed E-state index contributed by atoms with van der Waals surface area (Å²) in [5, 5.41) is 11.7. The summed E-state index contributed by atoms with van der Waals surface area (Å²) in [5.74, 6) is -0.383. The van der Waals surface area contributed by atoms with Gasteiger partial charge < -0.3 is 9.88 Å². The molecular weight excluding hydrogens is 342 g/mol. The highest BCUT2D eigenvalue weighted by molar-refractivity contribution is 5.96. The van der Waals surface area contributed by atoms with Crippen LogP contribution >= 0.6 is 0 Å². The average molecular weight is 363 g/mol. The first kappa shape index (κ1) is 17.2. The second kappa shape index (κ2) is 6.83. The van der Waals surface area contributed by atoms with Gasteiger partial charge in [0.1, 0.15) is 16.8 Å². The van der Waals surface area contributed by atoms with Gasteiger partial charge in [-0.3, -0.25) is 19.4 Å². The maximum atomic E-state index is 13.1. The second-order valence-corrected chi connectivity index (χ2v) is 6.80. The van der Waals surface area contributed by atoms with Crippen molar-refractivity contribution >= 4 is 22.6 Å². The van der Waals surface area contributed by atoms with Crippen LogP contribution in [0.3, 0.4) is 0 Å². The van der Waals surface area contributed by atoms with Crippen LogP contribution in [0.25, 0.3) is 16.7 Å². The molecule has 7 nitrogen and oxygen atoms in total. The van der Waals surface area contributed by atoms with E-state index in [0.717, 1.165) is 25.7 Å². The van der Waals surface area contributed by atoms with Crippen molar-refractivity contribution in [3.8, 4) is 0 Å². The fourth-order valence-electron chi connectivity index (χ4n) is 3.80. The Morgan fingerprint density at radius 2 is 2.15 bits per heavy atom. The molecule has 27 heavy (non-hydrogen) atoms. The highest BCUT2D eigenvalue weighted by atomic mass is 16.1. The van der Waals surface area contributed by atoms with Crippen molar-refractivity contribution in [3.05, 3.63) is 64.5 Å². The van der Waals surface area contributed by atoms with Gasteiger partial charge in [-0.25, -0.2) is 4.98 Å².